The summed E-state index contributed by atoms with van der Waals surface area (Å²) >= 11 is 0. The fraction of sp³-hybridized carbons (Fsp3) is 0.118. The standard InChI is InChI=1S/C17H12F4O2/c18-16(19)17(20,21)23-15-9-5-4-8-13(15)14(22)11-10-12-6-2-1-3-7-12/h1-11,16H. The Balaban J connectivity index is 2.23. The second-order valence-electron chi connectivity index (χ2n) is 4.57. The Kier molecular flexibility index (Phi) is 5.16. The van der Waals surface area contributed by atoms with Crippen LogP contribution in [0.1, 0.15) is 15.9 Å². The highest BCUT2D eigenvalue weighted by Crippen LogP contribution is 2.30. The number of allylic oxidation sites excluding steroid dienone is 1. The molecule has 6 heteroatoms. The van der Waals surface area contributed by atoms with Gasteiger partial charge in [0.15, 0.2) is 5.78 Å². The number of carbonyl (C=O) groups is 1. The van der Waals surface area contributed by atoms with Crippen molar-refractivity contribution >= 4 is 11.9 Å². The second kappa shape index (κ2) is 7.09. The molecule has 0 saturated carbocycles. The summed E-state index contributed by atoms with van der Waals surface area (Å²) in [6.45, 7) is 0. The van der Waals surface area contributed by atoms with Gasteiger partial charge in [0.1, 0.15) is 5.75 Å². The predicted molar refractivity (Wildman–Crippen MR) is 77.8 cm³/mol. The number of hydrogen-bond acceptors (Lipinski definition) is 2. The number of alkyl halides is 4. The van der Waals surface area contributed by atoms with Gasteiger partial charge in [-0.2, -0.15) is 17.6 Å². The smallest absolute Gasteiger partial charge is 0.428 e. The third-order valence-electron chi connectivity index (χ3n) is 2.88. The van der Waals surface area contributed by atoms with E-state index in [0.717, 1.165) is 17.7 Å². The third kappa shape index (κ3) is 4.42. The summed E-state index contributed by atoms with van der Waals surface area (Å²) in [5, 5.41) is 0. The molecule has 0 heterocycles. The topological polar surface area (TPSA) is 26.3 Å². The fourth-order valence-electron chi connectivity index (χ4n) is 1.78. The number of benzene rings is 2. The molecule has 0 bridgehead atoms. The second-order valence-corrected chi connectivity index (χ2v) is 4.57. The van der Waals surface area contributed by atoms with Crippen molar-refractivity contribution in [2.75, 3.05) is 0 Å². The van der Waals surface area contributed by atoms with E-state index in [0.29, 0.717) is 0 Å². The lowest BCUT2D eigenvalue weighted by Crippen LogP contribution is -2.33. The summed E-state index contributed by atoms with van der Waals surface area (Å²) in [6.07, 6.45) is -6.01. The maximum absolute atomic E-state index is 13.0. The molecule has 2 rings (SSSR count). The van der Waals surface area contributed by atoms with Crippen LogP contribution in [0.2, 0.25) is 0 Å². The molecule has 0 fully saturated rings. The molecule has 0 aromatic heterocycles. The molecule has 2 aromatic rings. The minimum Gasteiger partial charge on any atom is -0.428 e. The Morgan fingerprint density at radius 1 is 1.00 bits per heavy atom. The van der Waals surface area contributed by atoms with E-state index in [4.69, 9.17) is 0 Å². The average Bonchev–Trinajstić information content (AvgIpc) is 2.53. The largest absolute Gasteiger partial charge is 0.461 e. The Labute approximate surface area is 130 Å². The number of rotatable bonds is 6. The molecule has 0 aliphatic rings. The molecule has 120 valence electrons. The molecule has 0 unspecified atom stereocenters. The number of hydrogen-bond donors (Lipinski definition) is 0. The summed E-state index contributed by atoms with van der Waals surface area (Å²) < 4.78 is 54.5. The van der Waals surface area contributed by atoms with Gasteiger partial charge in [0.05, 0.1) is 5.56 Å². The average molecular weight is 324 g/mol. The maximum atomic E-state index is 13.0. The molecule has 2 aromatic carbocycles. The zero-order valence-corrected chi connectivity index (χ0v) is 11.8. The lowest BCUT2D eigenvalue weighted by atomic mass is 10.1. The molecule has 0 amide bonds. The van der Waals surface area contributed by atoms with Crippen LogP contribution in [0.5, 0.6) is 5.75 Å². The van der Waals surface area contributed by atoms with E-state index >= 15 is 0 Å². The van der Waals surface area contributed by atoms with Crippen LogP contribution >= 0.6 is 0 Å². The maximum Gasteiger partial charge on any atom is 0.461 e. The van der Waals surface area contributed by atoms with E-state index < -0.39 is 24.1 Å². The van der Waals surface area contributed by atoms with Crippen molar-refractivity contribution in [2.45, 2.75) is 12.5 Å². The van der Waals surface area contributed by atoms with Crippen LogP contribution in [0.25, 0.3) is 6.08 Å². The highest BCUT2D eigenvalue weighted by atomic mass is 19.3. The van der Waals surface area contributed by atoms with E-state index in [-0.39, 0.29) is 5.56 Å². The summed E-state index contributed by atoms with van der Waals surface area (Å²) in [5.41, 5.74) is 0.511. The van der Waals surface area contributed by atoms with Gasteiger partial charge >= 0.3 is 12.5 Å². The third-order valence-corrected chi connectivity index (χ3v) is 2.88. The first kappa shape index (κ1) is 16.7. The Bertz CT molecular complexity index is 697. The first-order valence-electron chi connectivity index (χ1n) is 6.61. The van der Waals surface area contributed by atoms with Crippen molar-refractivity contribution in [2.24, 2.45) is 0 Å². The molecule has 2 nitrogen and oxygen atoms in total. The van der Waals surface area contributed by atoms with Crippen LogP contribution in [0.4, 0.5) is 17.6 Å². The predicted octanol–water partition coefficient (Wildman–Crippen LogP) is 4.82. The summed E-state index contributed by atoms with van der Waals surface area (Å²) in [6, 6.07) is 13.8. The molecule has 0 spiro atoms. The minimum atomic E-state index is -4.67. The highest BCUT2D eigenvalue weighted by Gasteiger charge is 2.44. The lowest BCUT2D eigenvalue weighted by Gasteiger charge is -2.18. The van der Waals surface area contributed by atoms with Crippen molar-refractivity contribution in [3.05, 3.63) is 71.8 Å². The van der Waals surface area contributed by atoms with Gasteiger partial charge in [0, 0.05) is 0 Å². The summed E-state index contributed by atoms with van der Waals surface area (Å²) in [7, 11) is 0. The summed E-state index contributed by atoms with van der Waals surface area (Å²) in [5.74, 6) is -1.23. The van der Waals surface area contributed by atoms with Gasteiger partial charge in [-0.3, -0.25) is 4.79 Å². The first-order chi connectivity index (χ1) is 10.9. The van der Waals surface area contributed by atoms with E-state index in [9.17, 15) is 22.4 Å². The van der Waals surface area contributed by atoms with Crippen LogP contribution < -0.4 is 4.74 Å². The highest BCUT2D eigenvalue weighted by molar-refractivity contribution is 6.08. The van der Waals surface area contributed by atoms with E-state index in [2.05, 4.69) is 4.74 Å². The minimum absolute atomic E-state index is 0.222. The van der Waals surface area contributed by atoms with Crippen molar-refractivity contribution in [3.8, 4) is 5.75 Å². The molecule has 0 aliphatic heterocycles. The van der Waals surface area contributed by atoms with Gasteiger partial charge in [-0.25, -0.2) is 0 Å². The van der Waals surface area contributed by atoms with Gasteiger partial charge < -0.3 is 4.74 Å². The van der Waals surface area contributed by atoms with Gasteiger partial charge in [0.2, 0.25) is 0 Å². The van der Waals surface area contributed by atoms with Gasteiger partial charge in [-0.15, -0.1) is 0 Å². The monoisotopic (exact) mass is 324 g/mol. The SMILES string of the molecule is O=C(C=Cc1ccccc1)c1ccccc1OC(F)(F)C(F)F. The normalized spacial score (nSPS) is 11.9. The number of ketones is 1. The molecular formula is C17H12F4O2. The van der Waals surface area contributed by atoms with Crippen molar-refractivity contribution in [3.63, 3.8) is 0 Å². The fourth-order valence-corrected chi connectivity index (χ4v) is 1.78. The van der Waals surface area contributed by atoms with Gasteiger partial charge in [0.25, 0.3) is 0 Å². The van der Waals surface area contributed by atoms with Crippen molar-refractivity contribution in [1.29, 1.82) is 0 Å². The number of para-hydroxylation sites is 1. The molecule has 0 saturated heterocycles. The summed E-state index contributed by atoms with van der Waals surface area (Å²) in [4.78, 5) is 12.1. The van der Waals surface area contributed by atoms with E-state index in [1.54, 1.807) is 30.3 Å². The van der Waals surface area contributed by atoms with Crippen LogP contribution in [0.3, 0.4) is 0 Å². The molecule has 0 atom stereocenters. The van der Waals surface area contributed by atoms with Crippen LogP contribution in [-0.4, -0.2) is 18.3 Å². The van der Waals surface area contributed by atoms with Crippen molar-refractivity contribution in [1.82, 2.24) is 0 Å². The zero-order chi connectivity index (χ0) is 16.9. The molecule has 0 aliphatic carbocycles. The van der Waals surface area contributed by atoms with Gasteiger partial charge in [-0.05, 0) is 23.8 Å². The van der Waals surface area contributed by atoms with Gasteiger partial charge in [-0.1, -0.05) is 48.5 Å². The number of carbonyl (C=O) groups excluding carboxylic acids is 1. The zero-order valence-electron chi connectivity index (χ0n) is 11.8. The van der Waals surface area contributed by atoms with Crippen LogP contribution in [0.15, 0.2) is 60.7 Å². The molecular weight excluding hydrogens is 312 g/mol. The van der Waals surface area contributed by atoms with E-state index in [1.165, 1.54) is 24.3 Å². The quantitative estimate of drug-likeness (QED) is 0.433. The lowest BCUT2D eigenvalue weighted by molar-refractivity contribution is -0.253. The first-order valence-corrected chi connectivity index (χ1v) is 6.61. The van der Waals surface area contributed by atoms with Crippen LogP contribution in [-0.2, 0) is 0 Å². The Morgan fingerprint density at radius 2 is 1.61 bits per heavy atom. The Morgan fingerprint density at radius 3 is 2.26 bits per heavy atom. The molecule has 0 radical (unpaired) electrons. The van der Waals surface area contributed by atoms with Crippen LogP contribution in [0, 0.1) is 0 Å². The van der Waals surface area contributed by atoms with Crippen molar-refractivity contribution < 1.29 is 27.1 Å². The molecule has 23 heavy (non-hydrogen) atoms. The number of halogens is 4. The van der Waals surface area contributed by atoms with E-state index in [1.807, 2.05) is 0 Å². The number of ether oxygens (including phenoxy) is 1. The molecule has 0 N–H and O–H groups in total. The Hall–Kier alpha value is -2.63.